The zero-order valence-electron chi connectivity index (χ0n) is 18.2. The number of H-pyrrole nitrogens is 1. The number of aromatic amines is 1. The van der Waals surface area contributed by atoms with Crippen LogP contribution in [0.4, 0.5) is 5.13 Å². The molecule has 1 amide bonds. The van der Waals surface area contributed by atoms with Crippen molar-refractivity contribution in [1.29, 1.82) is 0 Å². The number of aryl methyl sites for hydroxylation is 1. The van der Waals surface area contributed by atoms with Crippen LogP contribution in [-0.2, 0) is 16.0 Å². The molecule has 0 aliphatic carbocycles. The molecule has 0 unspecified atom stereocenters. The van der Waals surface area contributed by atoms with Gasteiger partial charge in [0.15, 0.2) is 5.13 Å². The summed E-state index contributed by atoms with van der Waals surface area (Å²) in [6, 6.07) is -0.274. The van der Waals surface area contributed by atoms with E-state index in [-0.39, 0.29) is 41.9 Å². The van der Waals surface area contributed by atoms with Crippen molar-refractivity contribution in [2.45, 2.75) is 39.0 Å². The second kappa shape index (κ2) is 11.1. The maximum atomic E-state index is 12.7. The Morgan fingerprint density at radius 3 is 2.79 bits per heavy atom. The van der Waals surface area contributed by atoms with Crippen LogP contribution in [0.2, 0.25) is 10.0 Å². The normalized spacial score (nSPS) is 18.0. The van der Waals surface area contributed by atoms with Gasteiger partial charge in [-0.1, -0.05) is 39.7 Å². The molecule has 1 saturated heterocycles. The highest BCUT2D eigenvalue weighted by atomic mass is 35.5. The maximum absolute atomic E-state index is 12.7. The van der Waals surface area contributed by atoms with Gasteiger partial charge in [0.05, 0.1) is 41.0 Å². The number of thiazole rings is 1. The van der Waals surface area contributed by atoms with Gasteiger partial charge >= 0.3 is 5.97 Å². The number of hydrogen-bond acceptors (Lipinski definition) is 8. The smallest absolute Gasteiger partial charge is 0.350 e. The SMILES string of the molecule is CCOC(=O)c1sc(N2CC[C@@H](NC(=O)c3[nH]c(C)c(Cl)c3Cl)[C@@H](OC)C2)nc1CN=[N+]=[N-]. The van der Waals surface area contributed by atoms with Gasteiger partial charge in [-0.15, -0.1) is 0 Å². The molecule has 2 N–H and O–H groups in total. The number of piperidine rings is 1. The van der Waals surface area contributed by atoms with E-state index in [1.54, 1.807) is 21.0 Å². The van der Waals surface area contributed by atoms with Gasteiger partial charge in [-0.05, 0) is 25.8 Å². The van der Waals surface area contributed by atoms with Crippen LogP contribution >= 0.6 is 34.5 Å². The standard InChI is InChI=1S/C19H23Cl2N7O4S/c1-4-32-18(30)16-11(7-23-27-22)26-19(33-16)28-6-5-10(12(8-28)31-3)25-17(29)15-14(21)13(20)9(2)24-15/h10,12,24H,4-8H2,1-3H3,(H,25,29)/t10-,12+/m1/s1. The van der Waals surface area contributed by atoms with Gasteiger partial charge in [-0.2, -0.15) is 0 Å². The van der Waals surface area contributed by atoms with E-state index in [4.69, 9.17) is 38.2 Å². The van der Waals surface area contributed by atoms with E-state index < -0.39 is 5.97 Å². The number of halogens is 2. The van der Waals surface area contributed by atoms with E-state index in [9.17, 15) is 9.59 Å². The van der Waals surface area contributed by atoms with Crippen molar-refractivity contribution >= 4 is 51.5 Å². The topological polar surface area (TPSA) is 145 Å². The quantitative estimate of drug-likeness (QED) is 0.234. The van der Waals surface area contributed by atoms with E-state index in [2.05, 4.69) is 25.3 Å². The average Bonchev–Trinajstić information content (AvgIpc) is 3.34. The van der Waals surface area contributed by atoms with Gasteiger partial charge in [-0.25, -0.2) is 9.78 Å². The number of rotatable bonds is 8. The number of carbonyl (C=O) groups excluding carboxylic acids is 2. The summed E-state index contributed by atoms with van der Waals surface area (Å²) in [4.78, 5) is 37.5. The van der Waals surface area contributed by atoms with Crippen molar-refractivity contribution in [1.82, 2.24) is 15.3 Å². The van der Waals surface area contributed by atoms with Gasteiger partial charge < -0.3 is 24.7 Å². The van der Waals surface area contributed by atoms with Crippen molar-refractivity contribution in [3.63, 3.8) is 0 Å². The molecule has 0 saturated carbocycles. The largest absolute Gasteiger partial charge is 0.462 e. The molecule has 1 aliphatic heterocycles. The Balaban J connectivity index is 1.74. The fourth-order valence-electron chi connectivity index (χ4n) is 3.50. The minimum absolute atomic E-state index is 0.0553. The molecular formula is C19H23Cl2N7O4S. The molecule has 0 spiro atoms. The van der Waals surface area contributed by atoms with Gasteiger partial charge in [0, 0.05) is 30.8 Å². The minimum atomic E-state index is -0.508. The molecule has 0 aromatic carbocycles. The lowest BCUT2D eigenvalue weighted by atomic mass is 10.0. The van der Waals surface area contributed by atoms with E-state index >= 15 is 0 Å². The summed E-state index contributed by atoms with van der Waals surface area (Å²) in [5.41, 5.74) is 9.82. The number of anilines is 1. The average molecular weight is 516 g/mol. The van der Waals surface area contributed by atoms with Crippen molar-refractivity contribution in [2.75, 3.05) is 31.7 Å². The predicted octanol–water partition coefficient (Wildman–Crippen LogP) is 4.10. The van der Waals surface area contributed by atoms with Crippen molar-refractivity contribution in [3.8, 4) is 0 Å². The predicted molar refractivity (Wildman–Crippen MR) is 125 cm³/mol. The number of nitrogens with one attached hydrogen (secondary N) is 2. The van der Waals surface area contributed by atoms with Crippen LogP contribution in [-0.4, -0.2) is 60.8 Å². The van der Waals surface area contributed by atoms with E-state index in [1.165, 1.54) is 11.3 Å². The fourth-order valence-corrected chi connectivity index (χ4v) is 4.92. The first-order chi connectivity index (χ1) is 15.8. The van der Waals surface area contributed by atoms with Crippen molar-refractivity contribution in [3.05, 3.63) is 42.4 Å². The number of esters is 1. The summed E-state index contributed by atoms with van der Waals surface area (Å²) in [6.07, 6.45) is 0.221. The lowest BCUT2D eigenvalue weighted by Gasteiger charge is -2.37. The Labute approximate surface area is 204 Å². The molecule has 2 atom stereocenters. The number of amides is 1. The third-order valence-electron chi connectivity index (χ3n) is 5.16. The van der Waals surface area contributed by atoms with Crippen LogP contribution in [0.15, 0.2) is 5.11 Å². The fraction of sp³-hybridized carbons (Fsp3) is 0.526. The third-order valence-corrected chi connectivity index (χ3v) is 7.25. The Morgan fingerprint density at radius 2 is 2.18 bits per heavy atom. The Kier molecular flexibility index (Phi) is 8.44. The monoisotopic (exact) mass is 515 g/mol. The van der Waals surface area contributed by atoms with Gasteiger partial charge in [0.2, 0.25) is 0 Å². The van der Waals surface area contributed by atoms with Crippen LogP contribution in [0.1, 0.15) is 44.9 Å². The lowest BCUT2D eigenvalue weighted by Crippen LogP contribution is -2.55. The first-order valence-electron chi connectivity index (χ1n) is 10.1. The zero-order valence-corrected chi connectivity index (χ0v) is 20.6. The number of aromatic nitrogens is 2. The van der Waals surface area contributed by atoms with Crippen molar-refractivity contribution in [2.24, 2.45) is 5.11 Å². The van der Waals surface area contributed by atoms with Crippen LogP contribution in [0, 0.1) is 6.92 Å². The molecule has 2 aromatic heterocycles. The molecular weight excluding hydrogens is 493 g/mol. The first-order valence-corrected chi connectivity index (χ1v) is 11.7. The second-order valence-electron chi connectivity index (χ2n) is 7.22. The first kappa shape index (κ1) is 25.1. The van der Waals surface area contributed by atoms with Gasteiger partial charge in [0.1, 0.15) is 10.6 Å². The Bertz CT molecular complexity index is 1080. The highest BCUT2D eigenvalue weighted by Crippen LogP contribution is 2.32. The molecule has 2 aromatic rings. The number of ether oxygens (including phenoxy) is 2. The summed E-state index contributed by atoms with van der Waals surface area (Å²) in [6.45, 7) is 4.59. The second-order valence-corrected chi connectivity index (χ2v) is 8.96. The Hall–Kier alpha value is -2.50. The number of carbonyl (C=O) groups is 2. The maximum Gasteiger partial charge on any atom is 0.350 e. The number of azide groups is 1. The molecule has 3 rings (SSSR count). The molecule has 1 fully saturated rings. The highest BCUT2D eigenvalue weighted by molar-refractivity contribution is 7.17. The molecule has 11 nitrogen and oxygen atoms in total. The molecule has 1 aliphatic rings. The summed E-state index contributed by atoms with van der Waals surface area (Å²) < 4.78 is 10.7. The van der Waals surface area contributed by atoms with E-state index in [1.807, 2.05) is 4.90 Å². The third kappa shape index (κ3) is 5.53. The highest BCUT2D eigenvalue weighted by Gasteiger charge is 2.33. The van der Waals surface area contributed by atoms with Gasteiger partial charge in [0.25, 0.3) is 5.91 Å². The zero-order chi connectivity index (χ0) is 24.1. The lowest BCUT2D eigenvalue weighted by molar-refractivity contribution is 0.0529. The summed E-state index contributed by atoms with van der Waals surface area (Å²) >= 11 is 13.4. The van der Waals surface area contributed by atoms with Crippen molar-refractivity contribution < 1.29 is 19.1 Å². The molecule has 0 radical (unpaired) electrons. The molecule has 0 bridgehead atoms. The van der Waals surface area contributed by atoms with Crippen LogP contribution in [0.25, 0.3) is 10.4 Å². The molecule has 3 heterocycles. The van der Waals surface area contributed by atoms with Crippen LogP contribution in [0.3, 0.4) is 0 Å². The number of methoxy groups -OCH3 is 1. The summed E-state index contributed by atoms with van der Waals surface area (Å²) in [5, 5.41) is 7.57. The molecule has 14 heteroatoms. The summed E-state index contributed by atoms with van der Waals surface area (Å²) in [7, 11) is 1.56. The number of hydrogen-bond donors (Lipinski definition) is 2. The van der Waals surface area contributed by atoms with Gasteiger partial charge in [-0.3, -0.25) is 4.79 Å². The van der Waals surface area contributed by atoms with E-state index in [0.717, 1.165) is 0 Å². The minimum Gasteiger partial charge on any atom is -0.462 e. The van der Waals surface area contributed by atoms with E-state index in [0.29, 0.717) is 45.9 Å². The summed E-state index contributed by atoms with van der Waals surface area (Å²) in [5.74, 6) is -0.877. The Morgan fingerprint density at radius 1 is 1.42 bits per heavy atom. The number of nitrogens with zero attached hydrogens (tertiary/aromatic N) is 5. The van der Waals surface area contributed by atoms with Crippen LogP contribution in [0.5, 0.6) is 0 Å². The molecule has 33 heavy (non-hydrogen) atoms. The molecule has 178 valence electrons. The van der Waals surface area contributed by atoms with Crippen LogP contribution < -0.4 is 10.2 Å².